The topological polar surface area (TPSA) is 82.6 Å². The number of piperazine rings is 1. The highest BCUT2D eigenvalue weighted by atomic mass is 19.4. The number of fused-ring (bicyclic) bond motifs is 2. The number of carbonyl (C=O) groups excluding carboxylic acids is 3. The van der Waals surface area contributed by atoms with E-state index in [2.05, 4.69) is 10.3 Å². The molecular weight excluding hydrogens is 461 g/mol. The minimum Gasteiger partial charge on any atom is -0.334 e. The second-order valence-electron chi connectivity index (χ2n) is 8.34. The molecule has 2 aliphatic rings. The Labute approximate surface area is 198 Å². The number of anilines is 1. The molecule has 0 aliphatic carbocycles. The van der Waals surface area contributed by atoms with Gasteiger partial charge in [-0.15, -0.1) is 0 Å². The summed E-state index contributed by atoms with van der Waals surface area (Å²) in [5.41, 5.74) is 0.767. The summed E-state index contributed by atoms with van der Waals surface area (Å²) in [4.78, 5) is 46.1. The van der Waals surface area contributed by atoms with Gasteiger partial charge >= 0.3 is 6.18 Å². The molecule has 2 aliphatic heterocycles. The number of hydrogen-bond donors (Lipinski definition) is 1. The molecule has 5 rings (SSSR count). The van der Waals surface area contributed by atoms with E-state index in [9.17, 15) is 27.6 Å². The number of benzene rings is 2. The van der Waals surface area contributed by atoms with Crippen LogP contribution in [0.1, 0.15) is 26.3 Å². The third-order valence-corrected chi connectivity index (χ3v) is 6.17. The first-order valence-corrected chi connectivity index (χ1v) is 10.9. The fraction of sp³-hybridized carbons (Fsp3) is 0.200. The largest absolute Gasteiger partial charge is 0.416 e. The molecule has 1 fully saturated rings. The molecule has 2 aromatic carbocycles. The number of halogens is 3. The molecule has 0 saturated carbocycles. The summed E-state index contributed by atoms with van der Waals surface area (Å²) in [5, 5.41) is 2.73. The summed E-state index contributed by atoms with van der Waals surface area (Å²) < 4.78 is 39.5. The first-order valence-electron chi connectivity index (χ1n) is 10.9. The van der Waals surface area contributed by atoms with Crippen molar-refractivity contribution in [3.05, 3.63) is 83.7 Å². The second kappa shape index (κ2) is 8.53. The molecule has 1 atom stereocenters. The van der Waals surface area contributed by atoms with E-state index in [4.69, 9.17) is 0 Å². The quantitative estimate of drug-likeness (QED) is 0.607. The van der Waals surface area contributed by atoms with E-state index in [-0.39, 0.29) is 36.8 Å². The van der Waals surface area contributed by atoms with Crippen LogP contribution in [0.4, 0.5) is 18.9 Å². The maximum Gasteiger partial charge on any atom is 0.416 e. The van der Waals surface area contributed by atoms with Gasteiger partial charge in [0.2, 0.25) is 5.91 Å². The Bertz CT molecular complexity index is 1330. The average molecular weight is 480 g/mol. The van der Waals surface area contributed by atoms with E-state index in [1.165, 1.54) is 40.3 Å². The highest BCUT2D eigenvalue weighted by Gasteiger charge is 2.40. The minimum absolute atomic E-state index is 0.0137. The van der Waals surface area contributed by atoms with Crippen molar-refractivity contribution in [2.24, 2.45) is 0 Å². The zero-order valence-corrected chi connectivity index (χ0v) is 18.2. The second-order valence-corrected chi connectivity index (χ2v) is 8.34. The highest BCUT2D eigenvalue weighted by Crippen LogP contribution is 2.34. The fourth-order valence-electron chi connectivity index (χ4n) is 4.36. The number of alkyl halides is 3. The molecule has 1 unspecified atom stereocenters. The van der Waals surface area contributed by atoms with Crippen molar-refractivity contribution in [1.82, 2.24) is 14.8 Å². The van der Waals surface area contributed by atoms with Crippen molar-refractivity contribution in [1.29, 1.82) is 0 Å². The number of hydrogen-bond acceptors (Lipinski definition) is 4. The zero-order chi connectivity index (χ0) is 24.7. The van der Waals surface area contributed by atoms with Gasteiger partial charge in [0.25, 0.3) is 11.8 Å². The van der Waals surface area contributed by atoms with E-state index < -0.39 is 29.6 Å². The monoisotopic (exact) mass is 480 g/mol. The van der Waals surface area contributed by atoms with Gasteiger partial charge in [-0.05, 0) is 47.5 Å². The first-order chi connectivity index (χ1) is 16.7. The average Bonchev–Trinajstić information content (AvgIpc) is 2.97. The van der Waals surface area contributed by atoms with Crippen LogP contribution in [0.5, 0.6) is 0 Å². The number of nitrogens with zero attached hydrogens (tertiary/aromatic N) is 3. The predicted octanol–water partition coefficient (Wildman–Crippen LogP) is 3.69. The zero-order valence-electron chi connectivity index (χ0n) is 18.2. The Morgan fingerprint density at radius 3 is 2.54 bits per heavy atom. The Hall–Kier alpha value is -4.21. The SMILES string of the molecule is O=C1Nc2ccc(-c3cccc(C(F)(F)F)c3)cc2C(=O)N2CCN(C(=O)c3cccnc3)CC12. The molecule has 0 radical (unpaired) electrons. The molecule has 7 nitrogen and oxygen atoms in total. The lowest BCUT2D eigenvalue weighted by Gasteiger charge is -2.39. The van der Waals surface area contributed by atoms with E-state index >= 15 is 0 Å². The van der Waals surface area contributed by atoms with Crippen molar-refractivity contribution < 1.29 is 27.6 Å². The summed E-state index contributed by atoms with van der Waals surface area (Å²) in [6, 6.07) is 11.8. The third kappa shape index (κ3) is 4.23. The number of pyridine rings is 1. The van der Waals surface area contributed by atoms with Crippen LogP contribution in [0.25, 0.3) is 11.1 Å². The van der Waals surface area contributed by atoms with Crippen LogP contribution in [-0.2, 0) is 11.0 Å². The number of nitrogens with one attached hydrogen (secondary N) is 1. The van der Waals surface area contributed by atoms with Crippen molar-refractivity contribution in [3.8, 4) is 11.1 Å². The lowest BCUT2D eigenvalue weighted by atomic mass is 9.99. The van der Waals surface area contributed by atoms with Crippen molar-refractivity contribution >= 4 is 23.4 Å². The van der Waals surface area contributed by atoms with Crippen molar-refractivity contribution in [2.75, 3.05) is 25.0 Å². The molecule has 0 bridgehead atoms. The number of rotatable bonds is 2. The lowest BCUT2D eigenvalue weighted by molar-refractivity contribution is -0.137. The van der Waals surface area contributed by atoms with E-state index in [1.54, 1.807) is 24.4 Å². The Kier molecular flexibility index (Phi) is 5.50. The normalized spacial score (nSPS) is 17.9. The van der Waals surface area contributed by atoms with Crippen LogP contribution in [-0.4, -0.2) is 58.2 Å². The number of amides is 3. The summed E-state index contributed by atoms with van der Waals surface area (Å²) >= 11 is 0. The summed E-state index contributed by atoms with van der Waals surface area (Å²) in [5.74, 6) is -1.15. The van der Waals surface area contributed by atoms with Gasteiger partial charge in [0.15, 0.2) is 0 Å². The van der Waals surface area contributed by atoms with Gasteiger partial charge in [-0.2, -0.15) is 13.2 Å². The van der Waals surface area contributed by atoms with Gasteiger partial charge < -0.3 is 15.1 Å². The van der Waals surface area contributed by atoms with Crippen LogP contribution in [0.15, 0.2) is 67.0 Å². The Balaban J connectivity index is 1.43. The maximum absolute atomic E-state index is 13.4. The molecule has 0 spiro atoms. The van der Waals surface area contributed by atoms with E-state index in [0.717, 1.165) is 12.1 Å². The number of carbonyl (C=O) groups is 3. The molecule has 1 N–H and O–H groups in total. The van der Waals surface area contributed by atoms with Gasteiger partial charge in [0.05, 0.1) is 28.9 Å². The lowest BCUT2D eigenvalue weighted by Crippen LogP contribution is -2.59. The molecule has 10 heteroatoms. The van der Waals surface area contributed by atoms with Crippen LogP contribution >= 0.6 is 0 Å². The Morgan fingerprint density at radius 2 is 1.80 bits per heavy atom. The van der Waals surface area contributed by atoms with Crippen molar-refractivity contribution in [3.63, 3.8) is 0 Å². The highest BCUT2D eigenvalue weighted by molar-refractivity contribution is 6.11. The molecule has 1 saturated heterocycles. The third-order valence-electron chi connectivity index (χ3n) is 6.17. The molecule has 178 valence electrons. The predicted molar refractivity (Wildman–Crippen MR) is 120 cm³/mol. The van der Waals surface area contributed by atoms with Crippen LogP contribution in [0.2, 0.25) is 0 Å². The smallest absolute Gasteiger partial charge is 0.334 e. The van der Waals surface area contributed by atoms with E-state index in [0.29, 0.717) is 16.7 Å². The molecule has 1 aromatic heterocycles. The maximum atomic E-state index is 13.4. The molecule has 35 heavy (non-hydrogen) atoms. The minimum atomic E-state index is -4.49. The van der Waals surface area contributed by atoms with E-state index in [1.807, 2.05) is 0 Å². The van der Waals surface area contributed by atoms with Crippen LogP contribution in [0, 0.1) is 0 Å². The summed E-state index contributed by atoms with van der Waals surface area (Å²) in [6.45, 7) is 0.377. The standard InChI is InChI=1S/C25H19F3N4O3/c26-25(27,28)18-5-1-3-15(11-18)16-6-7-20-19(12-16)24(35)32-10-9-31(14-21(32)22(33)30-20)23(34)17-4-2-8-29-13-17/h1-8,11-13,21H,9-10,14H2,(H,30,33). The van der Waals surface area contributed by atoms with Crippen molar-refractivity contribution in [2.45, 2.75) is 12.2 Å². The van der Waals surface area contributed by atoms with Gasteiger partial charge in [-0.3, -0.25) is 19.4 Å². The van der Waals surface area contributed by atoms with Gasteiger partial charge in [0, 0.05) is 25.5 Å². The molecule has 3 aromatic rings. The fourth-order valence-corrected chi connectivity index (χ4v) is 4.36. The first kappa shape index (κ1) is 22.6. The van der Waals surface area contributed by atoms with Crippen LogP contribution < -0.4 is 5.32 Å². The summed E-state index contributed by atoms with van der Waals surface area (Å²) in [7, 11) is 0. The van der Waals surface area contributed by atoms with Gasteiger partial charge in [-0.1, -0.05) is 18.2 Å². The van der Waals surface area contributed by atoms with Gasteiger partial charge in [-0.25, -0.2) is 0 Å². The number of aromatic nitrogens is 1. The molecular formula is C25H19F3N4O3. The molecule has 3 amide bonds. The Morgan fingerprint density at radius 1 is 1.00 bits per heavy atom. The molecule has 3 heterocycles. The van der Waals surface area contributed by atoms with Gasteiger partial charge in [0.1, 0.15) is 6.04 Å². The van der Waals surface area contributed by atoms with Crippen LogP contribution in [0.3, 0.4) is 0 Å². The summed E-state index contributed by atoms with van der Waals surface area (Å²) in [6.07, 6.45) is -1.50.